The van der Waals surface area contributed by atoms with E-state index in [1.165, 1.54) is 5.57 Å². The average Bonchev–Trinajstić information content (AvgIpc) is 1.68. The van der Waals surface area contributed by atoms with Crippen LogP contribution in [0.1, 0.15) is 6.92 Å². The minimum Gasteiger partial charge on any atom is -0.122 e. The summed E-state index contributed by atoms with van der Waals surface area (Å²) in [5.41, 5.74) is 1.22. The van der Waals surface area contributed by atoms with E-state index in [-0.39, 0.29) is 0 Å². The lowest BCUT2D eigenvalue weighted by atomic mass is 10.3. The Balaban J connectivity index is 3.29. The molecule has 0 saturated carbocycles. The highest BCUT2D eigenvalue weighted by Gasteiger charge is 1.79. The van der Waals surface area contributed by atoms with E-state index in [9.17, 15) is 0 Å². The van der Waals surface area contributed by atoms with Crippen molar-refractivity contribution in [2.45, 2.75) is 6.92 Å². The minimum absolute atomic E-state index is 0.644. The number of hydrogen-bond acceptors (Lipinski definition) is 0. The van der Waals surface area contributed by atoms with Gasteiger partial charge in [0.1, 0.15) is 0 Å². The summed E-state index contributed by atoms with van der Waals surface area (Å²) in [4.78, 5) is 0. The van der Waals surface area contributed by atoms with Crippen LogP contribution in [0.25, 0.3) is 0 Å². The van der Waals surface area contributed by atoms with E-state index < -0.39 is 0 Å². The molecular formula is C5H8BrCl. The maximum atomic E-state index is 5.44. The molecule has 42 valence electrons. The lowest BCUT2D eigenvalue weighted by Gasteiger charge is -1.86. The van der Waals surface area contributed by atoms with Crippen molar-refractivity contribution in [1.29, 1.82) is 0 Å². The fourth-order valence-electron chi connectivity index (χ4n) is 0.186. The van der Waals surface area contributed by atoms with Gasteiger partial charge in [0, 0.05) is 11.2 Å². The molecule has 0 radical (unpaired) electrons. The largest absolute Gasteiger partial charge is 0.122 e. The van der Waals surface area contributed by atoms with E-state index in [1.54, 1.807) is 0 Å². The molecule has 0 aliphatic heterocycles. The minimum atomic E-state index is 0.644. The standard InChI is InChI=1S/C5H8BrCl/c1-5(4-7)2-3-6/h2H,3-4H2,1H3/b5-2-. The highest BCUT2D eigenvalue weighted by molar-refractivity contribution is 9.09. The van der Waals surface area contributed by atoms with E-state index in [0.29, 0.717) is 5.88 Å². The summed E-state index contributed by atoms with van der Waals surface area (Å²) >= 11 is 8.70. The SMILES string of the molecule is C/C(=C/CBr)CCl. The van der Waals surface area contributed by atoms with Crippen molar-refractivity contribution in [3.8, 4) is 0 Å². The molecule has 2 heteroatoms. The molecular weight excluding hydrogens is 175 g/mol. The van der Waals surface area contributed by atoms with Gasteiger partial charge in [-0.15, -0.1) is 11.6 Å². The van der Waals surface area contributed by atoms with Gasteiger partial charge in [-0.05, 0) is 6.92 Å². The second-order valence-electron chi connectivity index (χ2n) is 1.34. The van der Waals surface area contributed by atoms with Crippen LogP contribution in [0.3, 0.4) is 0 Å². The number of allylic oxidation sites excluding steroid dienone is 2. The molecule has 0 fully saturated rings. The maximum absolute atomic E-state index is 5.44. The fourth-order valence-corrected chi connectivity index (χ4v) is 0.848. The second-order valence-corrected chi connectivity index (χ2v) is 2.25. The van der Waals surface area contributed by atoms with Crippen molar-refractivity contribution in [2.75, 3.05) is 11.2 Å². The zero-order valence-corrected chi connectivity index (χ0v) is 6.59. The van der Waals surface area contributed by atoms with Crippen molar-refractivity contribution < 1.29 is 0 Å². The van der Waals surface area contributed by atoms with Gasteiger partial charge < -0.3 is 0 Å². The Morgan fingerprint density at radius 3 is 2.57 bits per heavy atom. The Labute approximate surface area is 57.7 Å². The van der Waals surface area contributed by atoms with Crippen molar-refractivity contribution >= 4 is 27.5 Å². The van der Waals surface area contributed by atoms with E-state index in [2.05, 4.69) is 15.9 Å². The van der Waals surface area contributed by atoms with Gasteiger partial charge in [0.2, 0.25) is 0 Å². The summed E-state index contributed by atoms with van der Waals surface area (Å²) in [5, 5.41) is 0.908. The molecule has 0 aromatic heterocycles. The van der Waals surface area contributed by atoms with Crippen LogP contribution in [0.5, 0.6) is 0 Å². The molecule has 0 heterocycles. The predicted molar refractivity (Wildman–Crippen MR) is 38.3 cm³/mol. The predicted octanol–water partition coefficient (Wildman–Crippen LogP) is 2.57. The summed E-state index contributed by atoms with van der Waals surface area (Å²) in [6.45, 7) is 2.01. The highest BCUT2D eigenvalue weighted by Crippen LogP contribution is 1.95. The van der Waals surface area contributed by atoms with Crippen LogP contribution in [0.15, 0.2) is 11.6 Å². The smallest absolute Gasteiger partial charge is 0.0431 e. The second kappa shape index (κ2) is 4.66. The van der Waals surface area contributed by atoms with Crippen LogP contribution in [0.4, 0.5) is 0 Å². The Bertz CT molecular complexity index is 68.5. The summed E-state index contributed by atoms with van der Waals surface area (Å²) in [6.07, 6.45) is 2.05. The van der Waals surface area contributed by atoms with Crippen molar-refractivity contribution in [3.05, 3.63) is 11.6 Å². The van der Waals surface area contributed by atoms with E-state index in [1.807, 2.05) is 13.0 Å². The van der Waals surface area contributed by atoms with Gasteiger partial charge in [-0.2, -0.15) is 0 Å². The van der Waals surface area contributed by atoms with Gasteiger partial charge in [-0.3, -0.25) is 0 Å². The lowest BCUT2D eigenvalue weighted by molar-refractivity contribution is 1.38. The molecule has 0 atom stereocenters. The molecule has 0 bridgehead atoms. The number of rotatable bonds is 2. The van der Waals surface area contributed by atoms with Gasteiger partial charge in [-0.1, -0.05) is 27.6 Å². The summed E-state index contributed by atoms with van der Waals surface area (Å²) in [7, 11) is 0. The van der Waals surface area contributed by atoms with Crippen LogP contribution in [-0.4, -0.2) is 11.2 Å². The third-order valence-electron chi connectivity index (χ3n) is 0.636. The van der Waals surface area contributed by atoms with Crippen molar-refractivity contribution in [3.63, 3.8) is 0 Å². The van der Waals surface area contributed by atoms with Gasteiger partial charge in [0.25, 0.3) is 0 Å². The molecule has 7 heavy (non-hydrogen) atoms. The van der Waals surface area contributed by atoms with Crippen LogP contribution >= 0.6 is 27.5 Å². The van der Waals surface area contributed by atoms with E-state index in [4.69, 9.17) is 11.6 Å². The first-order valence-corrected chi connectivity index (χ1v) is 3.74. The Hall–Kier alpha value is 0.510. The molecule has 0 aromatic rings. The zero-order valence-electron chi connectivity index (χ0n) is 4.25. The van der Waals surface area contributed by atoms with Crippen LogP contribution in [-0.2, 0) is 0 Å². The van der Waals surface area contributed by atoms with Gasteiger partial charge in [0.15, 0.2) is 0 Å². The summed E-state index contributed by atoms with van der Waals surface area (Å²) in [5.74, 6) is 0.644. The first-order valence-electron chi connectivity index (χ1n) is 2.08. The van der Waals surface area contributed by atoms with Crippen LogP contribution in [0.2, 0.25) is 0 Å². The highest BCUT2D eigenvalue weighted by atomic mass is 79.9. The normalized spacial score (nSPS) is 12.1. The summed E-state index contributed by atoms with van der Waals surface area (Å²) in [6, 6.07) is 0. The third-order valence-corrected chi connectivity index (χ3v) is 1.38. The van der Waals surface area contributed by atoms with Gasteiger partial charge >= 0.3 is 0 Å². The van der Waals surface area contributed by atoms with Gasteiger partial charge in [0.05, 0.1) is 0 Å². The number of halogens is 2. The Morgan fingerprint density at radius 1 is 1.86 bits per heavy atom. The molecule has 0 aromatic carbocycles. The molecule has 0 spiro atoms. The Morgan fingerprint density at radius 2 is 2.43 bits per heavy atom. The lowest BCUT2D eigenvalue weighted by Crippen LogP contribution is -1.74. The third kappa shape index (κ3) is 4.36. The molecule has 0 unspecified atom stereocenters. The monoisotopic (exact) mass is 182 g/mol. The van der Waals surface area contributed by atoms with Crippen molar-refractivity contribution in [2.24, 2.45) is 0 Å². The zero-order chi connectivity index (χ0) is 5.70. The molecule has 0 aliphatic rings. The molecule has 0 amide bonds. The first-order chi connectivity index (χ1) is 3.31. The summed E-state index contributed by atoms with van der Waals surface area (Å²) < 4.78 is 0. The van der Waals surface area contributed by atoms with E-state index >= 15 is 0 Å². The molecule has 0 nitrogen and oxygen atoms in total. The maximum Gasteiger partial charge on any atom is 0.0431 e. The topological polar surface area (TPSA) is 0 Å². The van der Waals surface area contributed by atoms with Crippen molar-refractivity contribution in [1.82, 2.24) is 0 Å². The van der Waals surface area contributed by atoms with E-state index in [0.717, 1.165) is 5.33 Å². The first kappa shape index (κ1) is 7.51. The molecule has 0 saturated heterocycles. The van der Waals surface area contributed by atoms with Gasteiger partial charge in [-0.25, -0.2) is 0 Å². The Kier molecular flexibility index (Phi) is 5.00. The van der Waals surface area contributed by atoms with Crippen LogP contribution in [0, 0.1) is 0 Å². The fraction of sp³-hybridized carbons (Fsp3) is 0.600. The quantitative estimate of drug-likeness (QED) is 0.456. The number of hydrogen-bond donors (Lipinski definition) is 0. The molecule has 0 N–H and O–H groups in total. The van der Waals surface area contributed by atoms with Crippen LogP contribution < -0.4 is 0 Å². The molecule has 0 rings (SSSR count). The average molecular weight is 183 g/mol. The molecule has 0 aliphatic carbocycles. The number of alkyl halides is 2.